The zero-order valence-electron chi connectivity index (χ0n) is 8.07. The third-order valence-electron chi connectivity index (χ3n) is 1.96. The van der Waals surface area contributed by atoms with Crippen LogP contribution >= 0.6 is 8.19 Å². The van der Waals surface area contributed by atoms with Crippen molar-refractivity contribution in [2.45, 2.75) is 6.92 Å². The minimum Gasteiger partial charge on any atom is -0.256 e. The van der Waals surface area contributed by atoms with E-state index in [1.165, 1.54) is 10.6 Å². The second-order valence-corrected chi connectivity index (χ2v) is 4.81. The van der Waals surface area contributed by atoms with E-state index in [0.29, 0.717) is 0 Å². The van der Waals surface area contributed by atoms with Gasteiger partial charge in [-0.05, 0) is 30.4 Å². The van der Waals surface area contributed by atoms with Crippen molar-refractivity contribution in [2.75, 3.05) is 0 Å². The number of aliphatic imine (C=N–C) groups is 1. The van der Waals surface area contributed by atoms with Gasteiger partial charge in [-0.2, -0.15) is 0 Å². The Bertz CT molecular complexity index is 429. The molecule has 1 aromatic heterocycles. The van der Waals surface area contributed by atoms with Gasteiger partial charge in [0.15, 0.2) is 0 Å². The lowest BCUT2D eigenvalue weighted by Gasteiger charge is -1.89. The van der Waals surface area contributed by atoms with Crippen molar-refractivity contribution in [1.82, 2.24) is 0 Å². The van der Waals surface area contributed by atoms with Crippen molar-refractivity contribution in [3.05, 3.63) is 53.1 Å². The van der Waals surface area contributed by atoms with Crippen LogP contribution in [0.3, 0.4) is 0 Å². The first-order valence-corrected chi connectivity index (χ1v) is 5.59. The maximum Gasteiger partial charge on any atom is 0.0630 e. The van der Waals surface area contributed by atoms with E-state index in [4.69, 9.17) is 0 Å². The molecule has 1 heterocycles. The van der Waals surface area contributed by atoms with Crippen LogP contribution in [0.1, 0.15) is 10.6 Å². The molecule has 0 aliphatic heterocycles. The number of aryl methyl sites for hydroxylation is 1. The Morgan fingerprint density at radius 1 is 1.07 bits per heavy atom. The van der Waals surface area contributed by atoms with Crippen molar-refractivity contribution >= 4 is 20.1 Å². The quantitative estimate of drug-likeness (QED) is 0.656. The molecule has 2 heteroatoms. The average molecular weight is 201 g/mol. The summed E-state index contributed by atoms with van der Waals surface area (Å²) in [7, 11) is 0.798. The lowest BCUT2D eigenvalue weighted by molar-refractivity contribution is 1.54. The van der Waals surface area contributed by atoms with Crippen LogP contribution in [-0.4, -0.2) is 6.21 Å². The van der Waals surface area contributed by atoms with E-state index in [1.807, 2.05) is 36.5 Å². The molecule has 0 amide bonds. The lowest BCUT2D eigenvalue weighted by atomic mass is 10.3. The topological polar surface area (TPSA) is 12.4 Å². The van der Waals surface area contributed by atoms with Gasteiger partial charge in [0.05, 0.1) is 5.69 Å². The van der Waals surface area contributed by atoms with Gasteiger partial charge in [0, 0.05) is 11.5 Å². The van der Waals surface area contributed by atoms with Crippen molar-refractivity contribution in [1.29, 1.82) is 0 Å². The van der Waals surface area contributed by atoms with Crippen LogP contribution in [0.15, 0.2) is 47.5 Å². The van der Waals surface area contributed by atoms with Gasteiger partial charge in [-0.3, -0.25) is 4.99 Å². The molecule has 0 radical (unpaired) electrons. The Kier molecular flexibility index (Phi) is 2.81. The highest BCUT2D eigenvalue weighted by Gasteiger charge is 1.90. The first-order chi connectivity index (χ1) is 6.84. The van der Waals surface area contributed by atoms with Crippen LogP contribution in [-0.2, 0) is 0 Å². The lowest BCUT2D eigenvalue weighted by Crippen LogP contribution is -1.69. The molecule has 70 valence electrons. The molecule has 14 heavy (non-hydrogen) atoms. The summed E-state index contributed by atoms with van der Waals surface area (Å²) in [6.45, 7) is 2.15. The van der Waals surface area contributed by atoms with Crippen LogP contribution in [0, 0.1) is 6.92 Å². The SMILES string of the molecule is Cc1ccc(C=Nc2ccccc2)[pH]1. The molecular formula is C12H12NP. The summed E-state index contributed by atoms with van der Waals surface area (Å²) in [5.41, 5.74) is 1.02. The van der Waals surface area contributed by atoms with Crippen molar-refractivity contribution < 1.29 is 0 Å². The maximum atomic E-state index is 4.40. The number of nitrogens with zero attached hydrogens (tertiary/aromatic N) is 1. The summed E-state index contributed by atoms with van der Waals surface area (Å²) in [6, 6.07) is 14.3. The van der Waals surface area contributed by atoms with Crippen molar-refractivity contribution in [2.24, 2.45) is 4.99 Å². The molecule has 0 aliphatic rings. The highest BCUT2D eigenvalue weighted by atomic mass is 31.0. The molecule has 1 atom stereocenters. The summed E-state index contributed by atoms with van der Waals surface area (Å²) >= 11 is 0. The molecule has 0 saturated heterocycles. The van der Waals surface area contributed by atoms with Gasteiger partial charge in [0.1, 0.15) is 0 Å². The highest BCUT2D eigenvalue weighted by molar-refractivity contribution is 7.33. The number of benzene rings is 1. The van der Waals surface area contributed by atoms with Crippen LogP contribution in [0.5, 0.6) is 0 Å². The highest BCUT2D eigenvalue weighted by Crippen LogP contribution is 2.20. The smallest absolute Gasteiger partial charge is 0.0630 e. The van der Waals surface area contributed by atoms with E-state index in [0.717, 1.165) is 13.9 Å². The Morgan fingerprint density at radius 3 is 2.50 bits per heavy atom. The fourth-order valence-electron chi connectivity index (χ4n) is 1.26. The Balaban J connectivity index is 2.15. The van der Waals surface area contributed by atoms with Gasteiger partial charge in [0.25, 0.3) is 0 Å². The Morgan fingerprint density at radius 2 is 1.86 bits per heavy atom. The number of hydrogen-bond acceptors (Lipinski definition) is 1. The van der Waals surface area contributed by atoms with Crippen LogP contribution in [0.25, 0.3) is 0 Å². The van der Waals surface area contributed by atoms with Gasteiger partial charge in [0.2, 0.25) is 0 Å². The van der Waals surface area contributed by atoms with Gasteiger partial charge < -0.3 is 0 Å². The number of para-hydroxylation sites is 1. The maximum absolute atomic E-state index is 4.40. The molecule has 1 unspecified atom stereocenters. The molecule has 1 aromatic carbocycles. The summed E-state index contributed by atoms with van der Waals surface area (Å²) in [6.07, 6.45) is 1.96. The monoisotopic (exact) mass is 201 g/mol. The zero-order chi connectivity index (χ0) is 9.80. The first kappa shape index (κ1) is 9.23. The summed E-state index contributed by atoms with van der Waals surface area (Å²) in [5, 5.41) is 2.74. The molecular weight excluding hydrogens is 189 g/mol. The van der Waals surface area contributed by atoms with E-state index < -0.39 is 0 Å². The predicted molar refractivity (Wildman–Crippen MR) is 64.4 cm³/mol. The third kappa shape index (κ3) is 2.34. The third-order valence-corrected chi connectivity index (χ3v) is 3.11. The van der Waals surface area contributed by atoms with E-state index in [1.54, 1.807) is 0 Å². The van der Waals surface area contributed by atoms with Gasteiger partial charge in [-0.15, -0.1) is 8.19 Å². The molecule has 0 fully saturated rings. The average Bonchev–Trinajstić information content (AvgIpc) is 2.63. The first-order valence-electron chi connectivity index (χ1n) is 4.59. The Labute approximate surface area is 85.6 Å². The normalized spacial score (nSPS) is 11.5. The molecule has 2 aromatic rings. The van der Waals surface area contributed by atoms with E-state index in [9.17, 15) is 0 Å². The van der Waals surface area contributed by atoms with Crippen molar-refractivity contribution in [3.63, 3.8) is 0 Å². The zero-order valence-corrected chi connectivity index (χ0v) is 9.07. The molecule has 0 spiro atoms. The largest absolute Gasteiger partial charge is 0.256 e. The minimum atomic E-state index is 0.798. The number of rotatable bonds is 2. The summed E-state index contributed by atoms with van der Waals surface area (Å²) in [5.74, 6) is 0. The summed E-state index contributed by atoms with van der Waals surface area (Å²) in [4.78, 5) is 4.40. The van der Waals surface area contributed by atoms with Gasteiger partial charge in [-0.25, -0.2) is 0 Å². The second kappa shape index (κ2) is 4.26. The van der Waals surface area contributed by atoms with Gasteiger partial charge >= 0.3 is 0 Å². The molecule has 2 rings (SSSR count). The fraction of sp³-hybridized carbons (Fsp3) is 0.0833. The molecule has 0 aliphatic carbocycles. The fourth-order valence-corrected chi connectivity index (χ4v) is 2.18. The van der Waals surface area contributed by atoms with E-state index >= 15 is 0 Å². The van der Waals surface area contributed by atoms with Crippen LogP contribution in [0.2, 0.25) is 0 Å². The molecule has 0 N–H and O–H groups in total. The Hall–Kier alpha value is -1.33. The minimum absolute atomic E-state index is 0.798. The standard InChI is InChI=1S/C12H12NP/c1-10-7-8-12(14-10)9-13-11-5-3-2-4-6-11/h2-9,14H,1H3. The van der Waals surface area contributed by atoms with E-state index in [2.05, 4.69) is 24.0 Å². The van der Waals surface area contributed by atoms with Crippen LogP contribution in [0.4, 0.5) is 5.69 Å². The van der Waals surface area contributed by atoms with Crippen LogP contribution < -0.4 is 0 Å². The molecule has 1 nitrogen and oxygen atoms in total. The van der Waals surface area contributed by atoms with Crippen molar-refractivity contribution in [3.8, 4) is 0 Å². The molecule has 0 saturated carbocycles. The second-order valence-electron chi connectivity index (χ2n) is 3.19. The summed E-state index contributed by atoms with van der Waals surface area (Å²) < 4.78 is 0. The number of hydrogen-bond donors (Lipinski definition) is 0. The predicted octanol–water partition coefficient (Wildman–Crippen LogP) is 3.78. The molecule has 0 bridgehead atoms. The van der Waals surface area contributed by atoms with Gasteiger partial charge in [-0.1, -0.05) is 24.3 Å². The van der Waals surface area contributed by atoms with E-state index in [-0.39, 0.29) is 0 Å².